The zero-order valence-electron chi connectivity index (χ0n) is 49.6. The van der Waals surface area contributed by atoms with Crippen molar-refractivity contribution in [2.45, 2.75) is 309 Å². The third kappa shape index (κ3) is 57.9. The predicted octanol–water partition coefficient (Wildman–Crippen LogP) is 19.7. The lowest BCUT2D eigenvalue weighted by Crippen LogP contribution is -2.46. The second kappa shape index (κ2) is 55.9. The SMILES string of the molecule is CC/C=C\C/C=C\C/C=C\C/C=C\C/C=C\CCCCCCCCCCCC(=O)NC(COP(=O)(O)OCC[N+](C)(C)C)C(O)CCCCCCCCCCCCCCCCCCCCCCCCCCCCC. The summed E-state index contributed by atoms with van der Waals surface area (Å²) in [7, 11) is 1.61. The van der Waals surface area contributed by atoms with Crippen molar-refractivity contribution in [1.82, 2.24) is 5.32 Å². The molecule has 0 heterocycles. The minimum absolute atomic E-state index is 0.0717. The summed E-state index contributed by atoms with van der Waals surface area (Å²) in [5, 5.41) is 14.1. The summed E-state index contributed by atoms with van der Waals surface area (Å²) in [5.41, 5.74) is 0. The fourth-order valence-corrected chi connectivity index (χ4v) is 10.1. The van der Waals surface area contributed by atoms with Crippen molar-refractivity contribution < 1.29 is 32.9 Å². The van der Waals surface area contributed by atoms with Crippen LogP contribution in [0.1, 0.15) is 296 Å². The molecule has 0 saturated carbocycles. The summed E-state index contributed by atoms with van der Waals surface area (Å²) in [6.45, 7) is 4.80. The standard InChI is InChI=1S/C65H123N2O6P/c1-6-8-10-12-14-16-18-20-22-24-26-28-30-32-33-35-36-38-40-42-44-46-48-50-52-54-56-58-64(68)63(62-73-74(70,71)72-61-60-67(3,4)5)66-65(69)59-57-55-53-51-49-47-45-43-41-39-37-34-31-29-27-25-23-21-19-17-15-13-11-9-7-2/h9,11,15,17,21,23,27,29,34,37,63-64,68H,6-8,10,12-14,16,18-20,22,24-26,28,30-33,35-36,38-62H2,1-5H3,(H-,66,69,70,71)/p+1/b11-9-,17-15-,23-21-,29-27-,37-34-. The molecule has 9 heteroatoms. The third-order valence-electron chi connectivity index (χ3n) is 14.3. The summed E-state index contributed by atoms with van der Waals surface area (Å²) in [6.07, 6.45) is 75.8. The molecule has 0 bridgehead atoms. The van der Waals surface area contributed by atoms with Crippen LogP contribution in [0.3, 0.4) is 0 Å². The Bertz CT molecular complexity index is 1390. The van der Waals surface area contributed by atoms with Gasteiger partial charge in [0.05, 0.1) is 39.9 Å². The average Bonchev–Trinajstić information content (AvgIpc) is 3.36. The fourth-order valence-electron chi connectivity index (χ4n) is 9.37. The number of hydrogen-bond donors (Lipinski definition) is 3. The van der Waals surface area contributed by atoms with Crippen molar-refractivity contribution in [2.75, 3.05) is 40.9 Å². The van der Waals surface area contributed by atoms with E-state index in [1.165, 1.54) is 193 Å². The first-order chi connectivity index (χ1) is 36.0. The van der Waals surface area contributed by atoms with Gasteiger partial charge in [0.1, 0.15) is 13.2 Å². The van der Waals surface area contributed by atoms with Crippen LogP contribution in [0, 0.1) is 0 Å². The number of amides is 1. The van der Waals surface area contributed by atoms with Gasteiger partial charge in [-0.3, -0.25) is 13.8 Å². The average molecular weight is 1060 g/mol. The van der Waals surface area contributed by atoms with Crippen molar-refractivity contribution >= 4 is 13.7 Å². The lowest BCUT2D eigenvalue weighted by atomic mass is 10.0. The van der Waals surface area contributed by atoms with Crippen LogP contribution in [-0.2, 0) is 18.4 Å². The van der Waals surface area contributed by atoms with E-state index in [-0.39, 0.29) is 19.1 Å². The molecule has 0 aromatic rings. The van der Waals surface area contributed by atoms with Gasteiger partial charge in [0.2, 0.25) is 5.91 Å². The number of nitrogens with one attached hydrogen (secondary N) is 1. The number of carbonyl (C=O) groups is 1. The number of aliphatic hydroxyl groups excluding tert-OH is 1. The van der Waals surface area contributed by atoms with E-state index in [2.05, 4.69) is 79.9 Å². The van der Waals surface area contributed by atoms with Gasteiger partial charge in [-0.15, -0.1) is 0 Å². The Morgan fingerprint density at radius 3 is 1.19 bits per heavy atom. The molecule has 3 atom stereocenters. The molecule has 0 saturated heterocycles. The molecule has 0 spiro atoms. The minimum Gasteiger partial charge on any atom is -0.391 e. The van der Waals surface area contributed by atoms with Gasteiger partial charge < -0.3 is 19.8 Å². The van der Waals surface area contributed by atoms with E-state index >= 15 is 0 Å². The summed E-state index contributed by atoms with van der Waals surface area (Å²) in [5.74, 6) is -0.149. The highest BCUT2D eigenvalue weighted by molar-refractivity contribution is 7.47. The molecule has 0 aliphatic heterocycles. The number of nitrogens with zero attached hydrogens (tertiary/aromatic N) is 1. The molecular weight excluding hydrogens is 936 g/mol. The topological polar surface area (TPSA) is 105 Å². The van der Waals surface area contributed by atoms with Crippen LogP contribution in [0.2, 0.25) is 0 Å². The number of quaternary nitrogens is 1. The largest absolute Gasteiger partial charge is 0.472 e. The lowest BCUT2D eigenvalue weighted by Gasteiger charge is -2.26. The van der Waals surface area contributed by atoms with Crippen LogP contribution in [-0.4, -0.2) is 73.4 Å². The highest BCUT2D eigenvalue weighted by atomic mass is 31.2. The van der Waals surface area contributed by atoms with Crippen LogP contribution in [0.4, 0.5) is 0 Å². The van der Waals surface area contributed by atoms with Crippen LogP contribution in [0.15, 0.2) is 60.8 Å². The number of unbranched alkanes of at least 4 members (excludes halogenated alkanes) is 35. The van der Waals surface area contributed by atoms with E-state index in [0.717, 1.165) is 77.0 Å². The van der Waals surface area contributed by atoms with Crippen LogP contribution in [0.25, 0.3) is 0 Å². The molecule has 0 aliphatic carbocycles. The molecule has 3 N–H and O–H groups in total. The molecule has 0 aromatic heterocycles. The van der Waals surface area contributed by atoms with Gasteiger partial charge in [0.15, 0.2) is 0 Å². The van der Waals surface area contributed by atoms with Crippen molar-refractivity contribution in [3.8, 4) is 0 Å². The predicted molar refractivity (Wildman–Crippen MR) is 323 cm³/mol. The second-order valence-corrected chi connectivity index (χ2v) is 24.2. The van der Waals surface area contributed by atoms with E-state index in [4.69, 9.17) is 9.05 Å². The maximum atomic E-state index is 13.0. The zero-order valence-corrected chi connectivity index (χ0v) is 50.5. The van der Waals surface area contributed by atoms with Gasteiger partial charge in [0.25, 0.3) is 0 Å². The summed E-state index contributed by atoms with van der Waals surface area (Å²) in [4.78, 5) is 23.4. The number of carbonyl (C=O) groups excluding carboxylic acids is 1. The molecule has 74 heavy (non-hydrogen) atoms. The summed E-state index contributed by atoms with van der Waals surface area (Å²) < 4.78 is 23.8. The van der Waals surface area contributed by atoms with E-state index in [1.807, 2.05) is 21.1 Å². The number of rotatable bonds is 58. The Labute approximate surface area is 460 Å². The maximum absolute atomic E-state index is 13.0. The molecule has 0 radical (unpaired) electrons. The van der Waals surface area contributed by atoms with Crippen LogP contribution >= 0.6 is 7.82 Å². The van der Waals surface area contributed by atoms with Gasteiger partial charge >= 0.3 is 7.82 Å². The van der Waals surface area contributed by atoms with Crippen LogP contribution in [0.5, 0.6) is 0 Å². The second-order valence-electron chi connectivity index (χ2n) is 22.8. The van der Waals surface area contributed by atoms with E-state index < -0.39 is 20.0 Å². The molecule has 8 nitrogen and oxygen atoms in total. The van der Waals surface area contributed by atoms with Gasteiger partial charge in [-0.05, 0) is 57.8 Å². The Morgan fingerprint density at radius 1 is 0.473 bits per heavy atom. The molecule has 0 rings (SSSR count). The number of likely N-dealkylation sites (N-methyl/N-ethyl adjacent to an activating group) is 1. The molecule has 434 valence electrons. The first kappa shape index (κ1) is 72.2. The van der Waals surface area contributed by atoms with Crippen LogP contribution < -0.4 is 5.32 Å². The molecular formula is C65H124N2O6P+. The Morgan fingerprint density at radius 2 is 0.811 bits per heavy atom. The van der Waals surface area contributed by atoms with Crippen molar-refractivity contribution in [3.63, 3.8) is 0 Å². The van der Waals surface area contributed by atoms with Crippen molar-refractivity contribution in [3.05, 3.63) is 60.8 Å². The molecule has 3 unspecified atom stereocenters. The lowest BCUT2D eigenvalue weighted by molar-refractivity contribution is -0.870. The van der Waals surface area contributed by atoms with Gasteiger partial charge in [-0.2, -0.15) is 0 Å². The number of aliphatic hydroxyl groups is 1. The van der Waals surface area contributed by atoms with Gasteiger partial charge in [-0.1, -0.05) is 293 Å². The smallest absolute Gasteiger partial charge is 0.391 e. The highest BCUT2D eigenvalue weighted by Crippen LogP contribution is 2.43. The number of allylic oxidation sites excluding steroid dienone is 10. The third-order valence-corrected chi connectivity index (χ3v) is 15.3. The van der Waals surface area contributed by atoms with Gasteiger partial charge in [0, 0.05) is 6.42 Å². The number of phosphoric ester groups is 1. The minimum atomic E-state index is -4.33. The Kier molecular flexibility index (Phi) is 54.6. The molecule has 0 aliphatic rings. The quantitative estimate of drug-likeness (QED) is 0.0243. The summed E-state index contributed by atoms with van der Waals surface area (Å²) >= 11 is 0. The monoisotopic (exact) mass is 1060 g/mol. The number of phosphoric acid groups is 1. The van der Waals surface area contributed by atoms with Gasteiger partial charge in [-0.25, -0.2) is 4.57 Å². The molecule has 1 amide bonds. The van der Waals surface area contributed by atoms with E-state index in [1.54, 1.807) is 0 Å². The van der Waals surface area contributed by atoms with E-state index in [0.29, 0.717) is 23.9 Å². The molecule has 0 fully saturated rings. The summed E-state index contributed by atoms with van der Waals surface area (Å²) in [6, 6.07) is -0.769. The Balaban J connectivity index is 4.12. The van der Waals surface area contributed by atoms with E-state index in [9.17, 15) is 19.4 Å². The van der Waals surface area contributed by atoms with Crippen molar-refractivity contribution in [2.24, 2.45) is 0 Å². The first-order valence-corrected chi connectivity index (χ1v) is 33.1. The Hall–Kier alpha value is -1.80. The zero-order chi connectivity index (χ0) is 54.2. The number of hydrogen-bond acceptors (Lipinski definition) is 5. The first-order valence-electron chi connectivity index (χ1n) is 31.7. The highest BCUT2D eigenvalue weighted by Gasteiger charge is 2.28. The maximum Gasteiger partial charge on any atom is 0.472 e. The fraction of sp³-hybridized carbons (Fsp3) is 0.831. The normalized spacial score (nSPS) is 14.2. The molecule has 0 aromatic carbocycles. The van der Waals surface area contributed by atoms with Crippen molar-refractivity contribution in [1.29, 1.82) is 0 Å².